The first-order valence-electron chi connectivity index (χ1n) is 6.78. The molecule has 4 nitrogen and oxygen atoms in total. The molecule has 3 aliphatic rings. The van der Waals surface area contributed by atoms with Gasteiger partial charge in [-0.3, -0.25) is 0 Å². The van der Waals surface area contributed by atoms with Crippen molar-refractivity contribution in [1.29, 1.82) is 0 Å². The molecule has 2 saturated heterocycles. The fraction of sp³-hybridized carbons (Fsp3) is 0.500. The monoisotopic (exact) mass is 276 g/mol. The van der Waals surface area contributed by atoms with Gasteiger partial charge in [0.2, 0.25) is 6.79 Å². The van der Waals surface area contributed by atoms with Crippen LogP contribution < -0.4 is 9.47 Å². The number of benzene rings is 1. The molecule has 1 atom stereocenters. The maximum Gasteiger partial charge on any atom is 0.231 e. The number of amidine groups is 1. The highest BCUT2D eigenvalue weighted by molar-refractivity contribution is 8.14. The van der Waals surface area contributed by atoms with E-state index in [0.29, 0.717) is 12.8 Å². The molecule has 0 aliphatic carbocycles. The number of piperidine rings is 1. The van der Waals surface area contributed by atoms with Crippen molar-refractivity contribution in [2.75, 3.05) is 19.1 Å². The van der Waals surface area contributed by atoms with Crippen LogP contribution in [0.4, 0.5) is 5.69 Å². The normalized spacial score (nSPS) is 26.8. The third-order valence-electron chi connectivity index (χ3n) is 3.86. The summed E-state index contributed by atoms with van der Waals surface area (Å²) in [7, 11) is 0. The molecule has 2 fully saturated rings. The third-order valence-corrected chi connectivity index (χ3v) is 4.99. The van der Waals surface area contributed by atoms with Crippen LogP contribution >= 0.6 is 11.8 Å². The number of rotatable bonds is 1. The largest absolute Gasteiger partial charge is 0.454 e. The molecule has 3 aliphatic heterocycles. The minimum absolute atomic E-state index is 0.318. The molecule has 0 amide bonds. The lowest BCUT2D eigenvalue weighted by atomic mass is 10.1. The molecule has 1 aromatic carbocycles. The fourth-order valence-electron chi connectivity index (χ4n) is 2.84. The first-order chi connectivity index (χ1) is 9.40. The molecule has 3 heterocycles. The molecular formula is C14H16N2O2S. The summed E-state index contributed by atoms with van der Waals surface area (Å²) in [6.07, 6.45) is 3.96. The van der Waals surface area contributed by atoms with Crippen LogP contribution in [0.5, 0.6) is 11.5 Å². The lowest BCUT2D eigenvalue weighted by Gasteiger charge is -2.30. The van der Waals surface area contributed by atoms with Crippen LogP contribution in [0.1, 0.15) is 19.3 Å². The van der Waals surface area contributed by atoms with Gasteiger partial charge in [-0.25, -0.2) is 4.99 Å². The van der Waals surface area contributed by atoms with E-state index in [-0.39, 0.29) is 0 Å². The molecule has 5 heteroatoms. The molecule has 0 radical (unpaired) electrons. The van der Waals surface area contributed by atoms with E-state index < -0.39 is 0 Å². The molecule has 0 saturated carbocycles. The zero-order valence-corrected chi connectivity index (χ0v) is 11.5. The van der Waals surface area contributed by atoms with Crippen LogP contribution in [-0.4, -0.2) is 35.2 Å². The van der Waals surface area contributed by atoms with Crippen molar-refractivity contribution < 1.29 is 9.47 Å². The average Bonchev–Trinajstić information content (AvgIpc) is 3.06. The van der Waals surface area contributed by atoms with Crippen molar-refractivity contribution in [1.82, 2.24) is 4.90 Å². The van der Waals surface area contributed by atoms with Crippen LogP contribution in [0.3, 0.4) is 0 Å². The van der Waals surface area contributed by atoms with Crippen molar-refractivity contribution in [3.05, 3.63) is 18.2 Å². The van der Waals surface area contributed by atoms with Crippen molar-refractivity contribution >= 4 is 22.6 Å². The Morgan fingerprint density at radius 3 is 3.16 bits per heavy atom. The van der Waals surface area contributed by atoms with E-state index in [1.165, 1.54) is 30.2 Å². The van der Waals surface area contributed by atoms with Gasteiger partial charge in [-0.15, -0.1) is 0 Å². The van der Waals surface area contributed by atoms with Gasteiger partial charge >= 0.3 is 0 Å². The molecule has 19 heavy (non-hydrogen) atoms. The smallest absolute Gasteiger partial charge is 0.231 e. The average molecular weight is 276 g/mol. The van der Waals surface area contributed by atoms with E-state index >= 15 is 0 Å². The summed E-state index contributed by atoms with van der Waals surface area (Å²) in [6, 6.07) is 6.60. The zero-order chi connectivity index (χ0) is 12.7. The van der Waals surface area contributed by atoms with E-state index in [0.717, 1.165) is 23.7 Å². The van der Waals surface area contributed by atoms with Crippen molar-refractivity contribution in [2.24, 2.45) is 4.99 Å². The molecule has 0 aromatic heterocycles. The van der Waals surface area contributed by atoms with Crippen LogP contribution in [0.2, 0.25) is 0 Å². The number of ether oxygens (including phenoxy) is 2. The van der Waals surface area contributed by atoms with Crippen molar-refractivity contribution in [3.8, 4) is 11.5 Å². The van der Waals surface area contributed by atoms with Crippen LogP contribution in [-0.2, 0) is 0 Å². The Morgan fingerprint density at radius 1 is 1.21 bits per heavy atom. The van der Waals surface area contributed by atoms with Gasteiger partial charge in [0.1, 0.15) is 0 Å². The highest BCUT2D eigenvalue weighted by atomic mass is 32.2. The summed E-state index contributed by atoms with van der Waals surface area (Å²) < 4.78 is 10.7. The topological polar surface area (TPSA) is 34.1 Å². The van der Waals surface area contributed by atoms with Gasteiger partial charge in [-0.2, -0.15) is 0 Å². The first kappa shape index (κ1) is 11.5. The minimum atomic E-state index is 0.318. The van der Waals surface area contributed by atoms with E-state index in [4.69, 9.17) is 14.5 Å². The van der Waals surface area contributed by atoms with Crippen LogP contribution in [0.15, 0.2) is 23.2 Å². The number of aliphatic imine (C=N–C) groups is 1. The van der Waals surface area contributed by atoms with Crippen LogP contribution in [0, 0.1) is 0 Å². The second-order valence-corrected chi connectivity index (χ2v) is 6.07. The molecule has 100 valence electrons. The number of thioether (sulfide) groups is 1. The van der Waals surface area contributed by atoms with E-state index in [9.17, 15) is 0 Å². The molecule has 0 N–H and O–H groups in total. The number of hydrogen-bond donors (Lipinski definition) is 0. The molecule has 4 rings (SSSR count). The fourth-order valence-corrected chi connectivity index (χ4v) is 4.11. The lowest BCUT2D eigenvalue weighted by molar-refractivity contribution is 0.174. The predicted octanol–water partition coefficient (Wildman–Crippen LogP) is 3.00. The molecule has 1 unspecified atom stereocenters. The quantitative estimate of drug-likeness (QED) is 0.789. The molecule has 1 aromatic rings. The Morgan fingerprint density at radius 2 is 2.16 bits per heavy atom. The second-order valence-electron chi connectivity index (χ2n) is 5.09. The summed E-state index contributed by atoms with van der Waals surface area (Å²) in [5.41, 5.74) is 0.956. The van der Waals surface area contributed by atoms with Crippen LogP contribution in [0.25, 0.3) is 0 Å². The van der Waals surface area contributed by atoms with Gasteiger partial charge in [0.15, 0.2) is 16.7 Å². The van der Waals surface area contributed by atoms with Crippen molar-refractivity contribution in [3.63, 3.8) is 0 Å². The van der Waals surface area contributed by atoms with Gasteiger partial charge < -0.3 is 14.4 Å². The second kappa shape index (κ2) is 4.63. The maximum atomic E-state index is 5.40. The van der Waals surface area contributed by atoms with Gasteiger partial charge in [0, 0.05) is 24.4 Å². The Labute approximate surface area is 116 Å². The SMILES string of the molecule is c1cc2c(cc1N=C1SCC3CCCCN13)OCO2. The number of fused-ring (bicyclic) bond motifs is 2. The lowest BCUT2D eigenvalue weighted by Crippen LogP contribution is -2.37. The van der Waals surface area contributed by atoms with E-state index in [1.807, 2.05) is 30.0 Å². The number of nitrogens with zero attached hydrogens (tertiary/aromatic N) is 2. The predicted molar refractivity (Wildman–Crippen MR) is 76.5 cm³/mol. The first-order valence-corrected chi connectivity index (χ1v) is 7.76. The van der Waals surface area contributed by atoms with Crippen molar-refractivity contribution in [2.45, 2.75) is 25.3 Å². The summed E-state index contributed by atoms with van der Waals surface area (Å²) >= 11 is 1.88. The zero-order valence-electron chi connectivity index (χ0n) is 10.7. The standard InChI is InChI=1S/C14H16N2O2S/c1-2-6-16-11(3-1)8-19-14(16)15-10-4-5-12-13(7-10)18-9-17-12/h4-5,7,11H,1-3,6,8-9H2. The van der Waals surface area contributed by atoms with E-state index in [2.05, 4.69) is 4.90 Å². The highest BCUT2D eigenvalue weighted by Gasteiger charge is 2.31. The Bertz CT molecular complexity index is 532. The Kier molecular flexibility index (Phi) is 2.80. The maximum absolute atomic E-state index is 5.40. The Hall–Kier alpha value is -1.36. The van der Waals surface area contributed by atoms with Gasteiger partial charge in [0.25, 0.3) is 0 Å². The van der Waals surface area contributed by atoms with Gasteiger partial charge in [0.05, 0.1) is 5.69 Å². The third kappa shape index (κ3) is 2.06. The van der Waals surface area contributed by atoms with E-state index in [1.54, 1.807) is 0 Å². The molecule has 0 bridgehead atoms. The summed E-state index contributed by atoms with van der Waals surface area (Å²) in [4.78, 5) is 7.26. The summed E-state index contributed by atoms with van der Waals surface area (Å²) in [5.74, 6) is 2.81. The molecular weight excluding hydrogens is 260 g/mol. The minimum Gasteiger partial charge on any atom is -0.454 e. The number of hydrogen-bond acceptors (Lipinski definition) is 4. The summed E-state index contributed by atoms with van der Waals surface area (Å²) in [6.45, 7) is 1.47. The van der Waals surface area contributed by atoms with Gasteiger partial charge in [-0.05, 0) is 31.4 Å². The van der Waals surface area contributed by atoms with Gasteiger partial charge in [-0.1, -0.05) is 11.8 Å². The molecule has 0 spiro atoms. The summed E-state index contributed by atoms with van der Waals surface area (Å²) in [5, 5.41) is 1.17. The Balaban J connectivity index is 1.61. The highest BCUT2D eigenvalue weighted by Crippen LogP contribution is 2.37.